The van der Waals surface area contributed by atoms with Crippen molar-refractivity contribution in [3.8, 4) is 5.75 Å². The largest absolute Gasteiger partial charge is 0.573 e. The lowest BCUT2D eigenvalue weighted by Crippen LogP contribution is -2.23. The highest BCUT2D eigenvalue weighted by atomic mass is 32.2. The molecule has 0 aliphatic rings. The fourth-order valence-corrected chi connectivity index (χ4v) is 2.62. The number of rotatable bonds is 5. The quantitative estimate of drug-likeness (QED) is 0.888. The SMILES string of the molecule is O=S(=O)(NCc1cc[nH]c1)c1cccc(OC(F)(F)F)c1. The van der Waals surface area contributed by atoms with E-state index < -0.39 is 22.1 Å². The zero-order valence-electron chi connectivity index (χ0n) is 10.5. The van der Waals surface area contributed by atoms with Gasteiger partial charge in [-0.15, -0.1) is 13.2 Å². The van der Waals surface area contributed by atoms with Crippen LogP contribution >= 0.6 is 0 Å². The highest BCUT2D eigenvalue weighted by Gasteiger charge is 2.31. The summed E-state index contributed by atoms with van der Waals surface area (Å²) < 4.78 is 66.3. The number of sulfonamides is 1. The second-order valence-corrected chi connectivity index (χ2v) is 5.83. The summed E-state index contributed by atoms with van der Waals surface area (Å²) in [4.78, 5) is 2.46. The Morgan fingerprint density at radius 1 is 1.24 bits per heavy atom. The van der Waals surface area contributed by atoms with E-state index in [9.17, 15) is 21.6 Å². The van der Waals surface area contributed by atoms with Crippen molar-refractivity contribution in [1.29, 1.82) is 0 Å². The smallest absolute Gasteiger partial charge is 0.406 e. The van der Waals surface area contributed by atoms with E-state index in [1.54, 1.807) is 18.5 Å². The van der Waals surface area contributed by atoms with Crippen molar-refractivity contribution in [2.45, 2.75) is 17.8 Å². The van der Waals surface area contributed by atoms with Gasteiger partial charge in [0.2, 0.25) is 10.0 Å². The lowest BCUT2D eigenvalue weighted by molar-refractivity contribution is -0.274. The van der Waals surface area contributed by atoms with Gasteiger partial charge in [-0.1, -0.05) is 6.07 Å². The molecule has 1 aromatic heterocycles. The molecule has 0 radical (unpaired) electrons. The van der Waals surface area contributed by atoms with Gasteiger partial charge in [-0.3, -0.25) is 0 Å². The lowest BCUT2D eigenvalue weighted by Gasteiger charge is -2.10. The summed E-state index contributed by atoms with van der Waals surface area (Å²) in [7, 11) is -3.93. The number of hydrogen-bond acceptors (Lipinski definition) is 3. The van der Waals surface area contributed by atoms with E-state index in [0.717, 1.165) is 12.1 Å². The van der Waals surface area contributed by atoms with E-state index in [2.05, 4.69) is 14.4 Å². The summed E-state index contributed by atoms with van der Waals surface area (Å²) in [5.74, 6) is -0.591. The van der Waals surface area contributed by atoms with E-state index in [4.69, 9.17) is 0 Å². The predicted molar refractivity (Wildman–Crippen MR) is 67.9 cm³/mol. The van der Waals surface area contributed by atoms with Gasteiger partial charge in [0.1, 0.15) is 5.75 Å². The van der Waals surface area contributed by atoms with Gasteiger partial charge in [0, 0.05) is 25.0 Å². The molecule has 1 heterocycles. The zero-order valence-corrected chi connectivity index (χ0v) is 11.3. The van der Waals surface area contributed by atoms with Gasteiger partial charge < -0.3 is 9.72 Å². The number of nitrogens with one attached hydrogen (secondary N) is 2. The third-order valence-electron chi connectivity index (χ3n) is 2.48. The molecule has 0 spiro atoms. The standard InChI is InChI=1S/C12H11F3N2O3S/c13-12(14,15)20-10-2-1-3-11(6-10)21(18,19)17-8-9-4-5-16-7-9/h1-7,16-17H,8H2. The third kappa shape index (κ3) is 4.50. The summed E-state index contributed by atoms with van der Waals surface area (Å²) in [5.41, 5.74) is 0.696. The van der Waals surface area contributed by atoms with Gasteiger partial charge in [-0.05, 0) is 23.8 Å². The summed E-state index contributed by atoms with van der Waals surface area (Å²) in [6.07, 6.45) is -1.64. The first-order valence-corrected chi connectivity index (χ1v) is 7.22. The Labute approximate surface area is 118 Å². The van der Waals surface area contributed by atoms with Crippen molar-refractivity contribution in [3.05, 3.63) is 48.3 Å². The molecule has 0 unspecified atom stereocenters. The molecule has 21 heavy (non-hydrogen) atoms. The van der Waals surface area contributed by atoms with Crippen LogP contribution in [-0.4, -0.2) is 19.8 Å². The number of alkyl halides is 3. The van der Waals surface area contributed by atoms with Crippen molar-refractivity contribution < 1.29 is 26.3 Å². The van der Waals surface area contributed by atoms with E-state index in [1.165, 1.54) is 12.1 Å². The molecule has 0 aliphatic carbocycles. The molecule has 0 aliphatic heterocycles. The third-order valence-corrected chi connectivity index (χ3v) is 3.88. The highest BCUT2D eigenvalue weighted by molar-refractivity contribution is 7.89. The van der Waals surface area contributed by atoms with Gasteiger partial charge in [-0.25, -0.2) is 13.1 Å². The van der Waals surface area contributed by atoms with E-state index in [1.807, 2.05) is 0 Å². The van der Waals surface area contributed by atoms with E-state index in [-0.39, 0.29) is 11.4 Å². The number of halogens is 3. The maximum Gasteiger partial charge on any atom is 0.573 e. The molecule has 1 aromatic carbocycles. The average molecular weight is 320 g/mol. The minimum Gasteiger partial charge on any atom is -0.406 e. The molecule has 0 amide bonds. The van der Waals surface area contributed by atoms with Gasteiger partial charge in [0.25, 0.3) is 0 Å². The summed E-state index contributed by atoms with van der Waals surface area (Å²) >= 11 is 0. The molecule has 0 saturated heterocycles. The van der Waals surface area contributed by atoms with Gasteiger partial charge in [0.05, 0.1) is 4.90 Å². The molecule has 2 aromatic rings. The Balaban J connectivity index is 2.14. The van der Waals surface area contributed by atoms with Crippen LogP contribution in [0.2, 0.25) is 0 Å². The summed E-state index contributed by atoms with van der Waals surface area (Å²) in [6.45, 7) is 0.0240. The Bertz CT molecular complexity index is 697. The first kappa shape index (κ1) is 15.4. The second kappa shape index (κ2) is 5.78. The molecular formula is C12H11F3N2O3S. The topological polar surface area (TPSA) is 71.2 Å². The van der Waals surface area contributed by atoms with E-state index >= 15 is 0 Å². The fourth-order valence-electron chi connectivity index (χ4n) is 1.57. The number of benzene rings is 1. The first-order chi connectivity index (χ1) is 9.76. The molecule has 5 nitrogen and oxygen atoms in total. The van der Waals surface area contributed by atoms with Crippen molar-refractivity contribution in [2.75, 3.05) is 0 Å². The number of H-pyrrole nitrogens is 1. The molecule has 0 fully saturated rings. The van der Waals surface area contributed by atoms with Crippen LogP contribution in [0.1, 0.15) is 5.56 Å². The predicted octanol–water partition coefficient (Wildman–Crippen LogP) is 2.39. The molecule has 9 heteroatoms. The molecule has 2 rings (SSSR count). The maximum absolute atomic E-state index is 12.1. The van der Waals surface area contributed by atoms with Crippen molar-refractivity contribution in [3.63, 3.8) is 0 Å². The average Bonchev–Trinajstić information content (AvgIpc) is 2.88. The Morgan fingerprint density at radius 2 is 2.00 bits per heavy atom. The number of ether oxygens (including phenoxy) is 1. The zero-order chi connectivity index (χ0) is 15.5. The summed E-state index contributed by atoms with van der Waals surface area (Å²) in [6, 6.07) is 5.87. The number of aromatic nitrogens is 1. The van der Waals surface area contributed by atoms with Gasteiger partial charge in [-0.2, -0.15) is 0 Å². The molecule has 0 atom stereocenters. The molecular weight excluding hydrogens is 309 g/mol. The normalized spacial score (nSPS) is 12.3. The monoisotopic (exact) mass is 320 g/mol. The van der Waals surface area contributed by atoms with Crippen LogP contribution in [-0.2, 0) is 16.6 Å². The maximum atomic E-state index is 12.1. The first-order valence-electron chi connectivity index (χ1n) is 5.73. The number of aromatic amines is 1. The lowest BCUT2D eigenvalue weighted by atomic mass is 10.3. The van der Waals surface area contributed by atoms with Crippen LogP contribution in [0.25, 0.3) is 0 Å². The van der Waals surface area contributed by atoms with Gasteiger partial charge >= 0.3 is 6.36 Å². The van der Waals surface area contributed by atoms with Crippen molar-refractivity contribution in [2.24, 2.45) is 0 Å². The van der Waals surface area contributed by atoms with Crippen LogP contribution in [0.15, 0.2) is 47.6 Å². The van der Waals surface area contributed by atoms with Crippen LogP contribution in [0.5, 0.6) is 5.75 Å². The van der Waals surface area contributed by atoms with Crippen LogP contribution in [0.4, 0.5) is 13.2 Å². The Morgan fingerprint density at radius 3 is 2.62 bits per heavy atom. The minimum atomic E-state index is -4.87. The van der Waals surface area contributed by atoms with Crippen molar-refractivity contribution in [1.82, 2.24) is 9.71 Å². The Hall–Kier alpha value is -2.00. The van der Waals surface area contributed by atoms with Gasteiger partial charge in [0.15, 0.2) is 0 Å². The van der Waals surface area contributed by atoms with E-state index in [0.29, 0.717) is 5.56 Å². The fraction of sp³-hybridized carbons (Fsp3) is 0.167. The molecule has 0 bridgehead atoms. The number of hydrogen-bond donors (Lipinski definition) is 2. The molecule has 2 N–H and O–H groups in total. The van der Waals surface area contributed by atoms with Crippen LogP contribution < -0.4 is 9.46 Å². The van der Waals surface area contributed by atoms with Crippen molar-refractivity contribution >= 4 is 10.0 Å². The minimum absolute atomic E-state index is 0.0240. The Kier molecular flexibility index (Phi) is 4.24. The molecule has 0 saturated carbocycles. The summed E-state index contributed by atoms with van der Waals surface area (Å²) in [5, 5.41) is 0. The van der Waals surface area contributed by atoms with Crippen LogP contribution in [0.3, 0.4) is 0 Å². The highest BCUT2D eigenvalue weighted by Crippen LogP contribution is 2.24. The second-order valence-electron chi connectivity index (χ2n) is 4.07. The van der Waals surface area contributed by atoms with Crippen LogP contribution in [0, 0.1) is 0 Å². The molecule has 114 valence electrons.